The van der Waals surface area contributed by atoms with Gasteiger partial charge in [-0.3, -0.25) is 19.4 Å². The van der Waals surface area contributed by atoms with E-state index in [9.17, 15) is 14.4 Å². The number of hydrogen-bond acceptors (Lipinski definition) is 5. The highest BCUT2D eigenvalue weighted by atomic mass is 16.4. The summed E-state index contributed by atoms with van der Waals surface area (Å²) in [6.07, 6.45) is 4.08. The number of hydrogen-bond donors (Lipinski definition) is 3. The smallest absolute Gasteiger partial charge is 0.325 e. The number of rotatable bonds is 5. The van der Waals surface area contributed by atoms with E-state index in [-0.39, 0.29) is 5.69 Å². The molecule has 2 unspecified atom stereocenters. The van der Waals surface area contributed by atoms with Crippen molar-refractivity contribution in [3.63, 3.8) is 0 Å². The third-order valence-corrected chi connectivity index (χ3v) is 2.93. The van der Waals surface area contributed by atoms with Gasteiger partial charge in [-0.2, -0.15) is 0 Å². The summed E-state index contributed by atoms with van der Waals surface area (Å²) in [5.74, 6) is -2.27. The number of aromatic nitrogens is 2. The summed E-state index contributed by atoms with van der Waals surface area (Å²) >= 11 is 0. The highest BCUT2D eigenvalue weighted by Gasteiger charge is 2.34. The Bertz CT molecular complexity index is 554. The molecule has 0 radical (unpaired) electrons. The van der Waals surface area contributed by atoms with Crippen LogP contribution in [0.5, 0.6) is 0 Å². The van der Waals surface area contributed by atoms with Gasteiger partial charge in [-0.05, 0) is 12.3 Å². The molecule has 8 nitrogen and oxygen atoms in total. The minimum absolute atomic E-state index is 0.0795. The summed E-state index contributed by atoms with van der Waals surface area (Å²) in [6.45, 7) is 6.64. The van der Waals surface area contributed by atoms with E-state index in [0.29, 0.717) is 0 Å². The molecule has 0 aliphatic heterocycles. The number of carboxylic acid groups (broad SMARTS) is 1. The molecule has 1 aromatic heterocycles. The number of aliphatic carboxylic acids is 1. The zero-order valence-corrected chi connectivity index (χ0v) is 13.0. The van der Waals surface area contributed by atoms with E-state index in [0.717, 1.165) is 0 Å². The largest absolute Gasteiger partial charge is 0.480 e. The first kappa shape index (κ1) is 17.5. The summed E-state index contributed by atoms with van der Waals surface area (Å²) in [5.41, 5.74) is -0.531. The lowest BCUT2D eigenvalue weighted by molar-refractivity contribution is -0.142. The fraction of sp³-hybridized carbons (Fsp3) is 0.500. The van der Waals surface area contributed by atoms with Crippen LogP contribution in [0.4, 0.5) is 0 Å². The topological polar surface area (TPSA) is 121 Å². The molecule has 2 atom stereocenters. The normalized spacial score (nSPS) is 13.8. The minimum Gasteiger partial charge on any atom is -0.480 e. The zero-order chi connectivity index (χ0) is 16.9. The Balaban J connectivity index is 2.88. The minimum atomic E-state index is -1.15. The number of carboxylic acids is 1. The Morgan fingerprint density at radius 1 is 1.18 bits per heavy atom. The molecule has 0 aromatic carbocycles. The molecule has 8 heteroatoms. The maximum Gasteiger partial charge on any atom is 0.325 e. The van der Waals surface area contributed by atoms with E-state index in [1.807, 2.05) is 0 Å². The van der Waals surface area contributed by atoms with Gasteiger partial charge in [0.05, 0.1) is 6.20 Å². The van der Waals surface area contributed by atoms with Crippen molar-refractivity contribution in [3.8, 4) is 0 Å². The lowest BCUT2D eigenvalue weighted by Gasteiger charge is -2.30. The van der Waals surface area contributed by atoms with Crippen LogP contribution in [0, 0.1) is 5.41 Å². The van der Waals surface area contributed by atoms with Crippen molar-refractivity contribution in [2.24, 2.45) is 5.41 Å². The molecule has 0 spiro atoms. The zero-order valence-electron chi connectivity index (χ0n) is 13.0. The second-order valence-corrected chi connectivity index (χ2v) is 5.93. The van der Waals surface area contributed by atoms with Gasteiger partial charge in [0.15, 0.2) is 0 Å². The molecule has 0 saturated heterocycles. The van der Waals surface area contributed by atoms with E-state index >= 15 is 0 Å². The number of nitrogens with one attached hydrogen (secondary N) is 2. The molecule has 0 saturated carbocycles. The van der Waals surface area contributed by atoms with E-state index in [2.05, 4.69) is 20.6 Å². The Morgan fingerprint density at radius 2 is 1.82 bits per heavy atom. The first-order valence-corrected chi connectivity index (χ1v) is 6.73. The molecule has 3 N–H and O–H groups in total. The van der Waals surface area contributed by atoms with Gasteiger partial charge < -0.3 is 15.7 Å². The van der Waals surface area contributed by atoms with Crippen LogP contribution in [0.2, 0.25) is 0 Å². The monoisotopic (exact) mass is 308 g/mol. The fourth-order valence-electron chi connectivity index (χ4n) is 1.66. The van der Waals surface area contributed by atoms with Crippen molar-refractivity contribution in [2.45, 2.75) is 39.8 Å². The molecule has 0 aliphatic carbocycles. The highest BCUT2D eigenvalue weighted by Crippen LogP contribution is 2.20. The number of carbonyl (C=O) groups excluding carboxylic acids is 2. The van der Waals surface area contributed by atoms with Gasteiger partial charge in [-0.25, -0.2) is 4.98 Å². The molecule has 0 fully saturated rings. The van der Waals surface area contributed by atoms with Crippen molar-refractivity contribution < 1.29 is 19.5 Å². The Hall–Kier alpha value is -2.51. The van der Waals surface area contributed by atoms with Gasteiger partial charge in [-0.15, -0.1) is 0 Å². The van der Waals surface area contributed by atoms with Crippen LogP contribution in [0.3, 0.4) is 0 Å². The SMILES string of the molecule is CC(NC(=O)C(NC(=O)c1cnccn1)C(C)(C)C)C(=O)O. The standard InChI is InChI=1S/C14H20N4O4/c1-8(13(21)22)17-12(20)10(14(2,3)4)18-11(19)9-7-15-5-6-16-9/h5-8,10H,1-4H3,(H,17,20)(H,18,19)(H,21,22). The molecular weight excluding hydrogens is 288 g/mol. The lowest BCUT2D eigenvalue weighted by Crippen LogP contribution is -2.56. The Morgan fingerprint density at radius 3 is 2.27 bits per heavy atom. The second kappa shape index (κ2) is 6.97. The van der Waals surface area contributed by atoms with Crippen molar-refractivity contribution in [1.29, 1.82) is 0 Å². The van der Waals surface area contributed by atoms with Crippen LogP contribution in [-0.4, -0.2) is 44.9 Å². The van der Waals surface area contributed by atoms with Gasteiger partial charge in [0, 0.05) is 12.4 Å². The molecule has 1 heterocycles. The van der Waals surface area contributed by atoms with Crippen LogP contribution in [0.15, 0.2) is 18.6 Å². The van der Waals surface area contributed by atoms with Gasteiger partial charge in [0.1, 0.15) is 17.8 Å². The van der Waals surface area contributed by atoms with E-state index in [1.165, 1.54) is 25.5 Å². The number of amides is 2. The average Bonchev–Trinajstić information content (AvgIpc) is 2.43. The maximum atomic E-state index is 12.2. The summed E-state index contributed by atoms with van der Waals surface area (Å²) in [7, 11) is 0. The highest BCUT2D eigenvalue weighted by molar-refractivity contribution is 5.96. The third kappa shape index (κ3) is 4.80. The van der Waals surface area contributed by atoms with Crippen molar-refractivity contribution >= 4 is 17.8 Å². The quantitative estimate of drug-likeness (QED) is 0.715. The van der Waals surface area contributed by atoms with Gasteiger partial charge in [-0.1, -0.05) is 20.8 Å². The number of carbonyl (C=O) groups is 3. The molecule has 2 amide bonds. The van der Waals surface area contributed by atoms with Crippen LogP contribution < -0.4 is 10.6 Å². The van der Waals surface area contributed by atoms with Gasteiger partial charge >= 0.3 is 5.97 Å². The second-order valence-electron chi connectivity index (χ2n) is 5.93. The summed E-state index contributed by atoms with van der Waals surface area (Å²) in [4.78, 5) is 42.8. The fourth-order valence-corrected chi connectivity index (χ4v) is 1.66. The molecule has 22 heavy (non-hydrogen) atoms. The van der Waals surface area contributed by atoms with Crippen LogP contribution in [0.25, 0.3) is 0 Å². The Kier molecular flexibility index (Phi) is 5.56. The van der Waals surface area contributed by atoms with Gasteiger partial charge in [0.25, 0.3) is 5.91 Å². The summed E-state index contributed by atoms with van der Waals surface area (Å²) < 4.78 is 0. The van der Waals surface area contributed by atoms with E-state index in [1.54, 1.807) is 20.8 Å². The van der Waals surface area contributed by atoms with Crippen molar-refractivity contribution in [1.82, 2.24) is 20.6 Å². The molecule has 0 aliphatic rings. The maximum absolute atomic E-state index is 12.2. The van der Waals surface area contributed by atoms with Crippen LogP contribution in [-0.2, 0) is 9.59 Å². The first-order valence-electron chi connectivity index (χ1n) is 6.73. The first-order chi connectivity index (χ1) is 10.1. The number of nitrogens with zero attached hydrogens (tertiary/aromatic N) is 2. The lowest BCUT2D eigenvalue weighted by atomic mass is 9.86. The third-order valence-electron chi connectivity index (χ3n) is 2.93. The molecule has 1 rings (SSSR count). The van der Waals surface area contributed by atoms with Gasteiger partial charge in [0.2, 0.25) is 5.91 Å². The van der Waals surface area contributed by atoms with Crippen molar-refractivity contribution in [3.05, 3.63) is 24.3 Å². The predicted molar refractivity (Wildman–Crippen MR) is 78.0 cm³/mol. The molecule has 120 valence electrons. The molecular formula is C14H20N4O4. The summed E-state index contributed by atoms with van der Waals surface area (Å²) in [6, 6.07) is -1.96. The summed E-state index contributed by atoms with van der Waals surface area (Å²) in [5, 5.41) is 13.8. The van der Waals surface area contributed by atoms with E-state index < -0.39 is 35.3 Å². The van der Waals surface area contributed by atoms with Crippen molar-refractivity contribution in [2.75, 3.05) is 0 Å². The van der Waals surface area contributed by atoms with Crippen LogP contribution in [0.1, 0.15) is 38.2 Å². The predicted octanol–water partition coefficient (Wildman–Crippen LogP) is 0.210. The van der Waals surface area contributed by atoms with E-state index in [4.69, 9.17) is 5.11 Å². The Labute approximate surface area is 128 Å². The molecule has 1 aromatic rings. The van der Waals surface area contributed by atoms with Crippen LogP contribution >= 0.6 is 0 Å². The molecule has 0 bridgehead atoms. The average molecular weight is 308 g/mol.